The fraction of sp³-hybridized carbons (Fsp3) is 0.455. The van der Waals surface area contributed by atoms with E-state index in [1.807, 2.05) is 42.3 Å². The lowest BCUT2D eigenvalue weighted by molar-refractivity contribution is -0.0710. The van der Waals surface area contributed by atoms with Gasteiger partial charge in [0, 0.05) is 86.6 Å². The van der Waals surface area contributed by atoms with Crippen LogP contribution < -0.4 is 10.7 Å². The van der Waals surface area contributed by atoms with Crippen molar-refractivity contribution in [2.24, 2.45) is 0 Å². The van der Waals surface area contributed by atoms with Crippen LogP contribution in [0.3, 0.4) is 0 Å². The van der Waals surface area contributed by atoms with Gasteiger partial charge in [0.05, 0.1) is 6.04 Å². The number of hydrogen-bond acceptors (Lipinski definition) is 5. The summed E-state index contributed by atoms with van der Waals surface area (Å²) in [6, 6.07) is 14.3. The molecule has 3 aliphatic rings. The van der Waals surface area contributed by atoms with Crippen LogP contribution >= 0.6 is 0 Å². The number of aromatic nitrogens is 1. The average molecular weight is 592 g/mol. The molecule has 43 heavy (non-hydrogen) atoms. The van der Waals surface area contributed by atoms with E-state index < -0.39 is 17.7 Å². The van der Waals surface area contributed by atoms with Gasteiger partial charge in [-0.05, 0) is 56.5 Å². The van der Waals surface area contributed by atoms with E-state index in [1.54, 1.807) is 17.2 Å². The Bertz CT molecular complexity index is 1490. The van der Waals surface area contributed by atoms with Crippen LogP contribution in [0.25, 0.3) is 11.3 Å². The van der Waals surface area contributed by atoms with E-state index in [0.717, 1.165) is 42.7 Å². The molecule has 2 atom stereocenters. The molecule has 228 valence electrons. The Morgan fingerprint density at radius 3 is 2.60 bits per heavy atom. The van der Waals surface area contributed by atoms with E-state index in [9.17, 15) is 18.4 Å². The van der Waals surface area contributed by atoms with Gasteiger partial charge in [-0.15, -0.1) is 0 Å². The zero-order chi connectivity index (χ0) is 30.0. The van der Waals surface area contributed by atoms with E-state index >= 15 is 0 Å². The minimum Gasteiger partial charge on any atom is -0.381 e. The van der Waals surface area contributed by atoms with Crippen LogP contribution in [-0.2, 0) is 11.3 Å². The number of hydrogen-bond donors (Lipinski definition) is 2. The largest absolute Gasteiger partial charge is 0.381 e. The number of H-pyrrole nitrogens is 1. The number of ether oxygens (including phenoxy) is 1. The minimum absolute atomic E-state index is 0.0225. The van der Waals surface area contributed by atoms with Crippen molar-refractivity contribution < 1.29 is 18.3 Å². The van der Waals surface area contributed by atoms with E-state index in [4.69, 9.17) is 4.74 Å². The maximum atomic E-state index is 15.0. The molecule has 3 aliphatic heterocycles. The van der Waals surface area contributed by atoms with Crippen LogP contribution in [0.4, 0.5) is 13.6 Å². The third kappa shape index (κ3) is 6.09. The molecule has 2 N–H and O–H groups in total. The normalized spacial score (nSPS) is 22.6. The quantitative estimate of drug-likeness (QED) is 0.456. The highest BCUT2D eigenvalue weighted by atomic mass is 19.1. The van der Waals surface area contributed by atoms with Crippen molar-refractivity contribution in [2.75, 3.05) is 46.4 Å². The second-order valence-electron chi connectivity index (χ2n) is 11.9. The van der Waals surface area contributed by atoms with Crippen molar-refractivity contribution in [2.45, 2.75) is 49.9 Å². The number of urea groups is 1. The molecule has 0 unspecified atom stereocenters. The number of likely N-dealkylation sites (tertiary alicyclic amines) is 1. The molecule has 6 rings (SSSR count). The highest BCUT2D eigenvalue weighted by Crippen LogP contribution is 2.37. The number of halogens is 2. The number of rotatable bonds is 5. The lowest BCUT2D eigenvalue weighted by atomic mass is 9.85. The zero-order valence-corrected chi connectivity index (χ0v) is 24.5. The van der Waals surface area contributed by atoms with Crippen LogP contribution in [0, 0.1) is 11.6 Å². The van der Waals surface area contributed by atoms with Crippen LogP contribution in [0.5, 0.6) is 0 Å². The fourth-order valence-electron chi connectivity index (χ4n) is 6.97. The van der Waals surface area contributed by atoms with Gasteiger partial charge in [0.15, 0.2) is 5.43 Å². The van der Waals surface area contributed by atoms with Gasteiger partial charge >= 0.3 is 6.03 Å². The number of pyridine rings is 1. The summed E-state index contributed by atoms with van der Waals surface area (Å²) in [6.07, 6.45) is 4.51. The van der Waals surface area contributed by atoms with Crippen LogP contribution in [0.1, 0.15) is 42.9 Å². The second-order valence-corrected chi connectivity index (χ2v) is 11.9. The minimum atomic E-state index is -0.570. The van der Waals surface area contributed by atoms with Gasteiger partial charge in [-0.2, -0.15) is 0 Å². The van der Waals surface area contributed by atoms with Crippen molar-refractivity contribution in [3.8, 4) is 11.3 Å². The lowest BCUT2D eigenvalue weighted by Gasteiger charge is -2.53. The Labute approximate surface area is 250 Å². The molecule has 3 saturated heterocycles. The Morgan fingerprint density at radius 2 is 1.86 bits per heavy atom. The summed E-state index contributed by atoms with van der Waals surface area (Å²) >= 11 is 0. The molecular weight excluding hydrogens is 552 g/mol. The molecule has 0 bridgehead atoms. The zero-order valence-electron chi connectivity index (χ0n) is 24.5. The highest BCUT2D eigenvalue weighted by Gasteiger charge is 2.46. The van der Waals surface area contributed by atoms with Crippen LogP contribution in [0.2, 0.25) is 0 Å². The van der Waals surface area contributed by atoms with Gasteiger partial charge in [0.1, 0.15) is 11.6 Å². The van der Waals surface area contributed by atoms with E-state index in [-0.39, 0.29) is 28.6 Å². The first-order valence-corrected chi connectivity index (χ1v) is 15.1. The van der Waals surface area contributed by atoms with Crippen molar-refractivity contribution in [3.63, 3.8) is 0 Å². The first-order valence-electron chi connectivity index (χ1n) is 15.1. The third-order valence-electron chi connectivity index (χ3n) is 9.50. The van der Waals surface area contributed by atoms with E-state index in [1.165, 1.54) is 6.07 Å². The summed E-state index contributed by atoms with van der Waals surface area (Å²) in [4.78, 5) is 36.6. The van der Waals surface area contributed by atoms with E-state index in [2.05, 4.69) is 15.2 Å². The van der Waals surface area contributed by atoms with Crippen molar-refractivity contribution >= 4 is 6.03 Å². The molecule has 2 amide bonds. The molecule has 2 aromatic carbocycles. The topological polar surface area (TPSA) is 80.9 Å². The van der Waals surface area contributed by atoms with E-state index in [0.29, 0.717) is 57.9 Å². The predicted octanol–water partition coefficient (Wildman–Crippen LogP) is 4.53. The van der Waals surface area contributed by atoms with Crippen LogP contribution in [0.15, 0.2) is 65.6 Å². The number of piperazine rings is 1. The van der Waals surface area contributed by atoms with Gasteiger partial charge in [0.25, 0.3) is 0 Å². The smallest absolute Gasteiger partial charge is 0.320 e. The maximum absolute atomic E-state index is 15.0. The van der Waals surface area contributed by atoms with Gasteiger partial charge in [-0.3, -0.25) is 9.69 Å². The summed E-state index contributed by atoms with van der Waals surface area (Å²) in [5.41, 5.74) is 2.25. The predicted molar refractivity (Wildman–Crippen MR) is 161 cm³/mol. The Morgan fingerprint density at radius 1 is 1.07 bits per heavy atom. The molecule has 0 aliphatic carbocycles. The average Bonchev–Trinajstić information content (AvgIpc) is 3.04. The number of nitrogens with zero attached hydrogens (tertiary/aromatic N) is 3. The molecule has 1 aromatic heterocycles. The number of carbonyl (C=O) groups excluding carboxylic acids is 1. The van der Waals surface area contributed by atoms with Gasteiger partial charge in [-0.1, -0.05) is 30.3 Å². The van der Waals surface area contributed by atoms with Crippen molar-refractivity contribution in [1.29, 1.82) is 0 Å². The summed E-state index contributed by atoms with van der Waals surface area (Å²) in [5.74, 6) is -1.02. The fourth-order valence-corrected chi connectivity index (χ4v) is 6.97. The summed E-state index contributed by atoms with van der Waals surface area (Å²) in [5, 5.41) is 3.25. The third-order valence-corrected chi connectivity index (χ3v) is 9.50. The Balaban J connectivity index is 1.23. The van der Waals surface area contributed by atoms with Crippen LogP contribution in [-0.4, -0.2) is 83.7 Å². The Kier molecular flexibility index (Phi) is 8.61. The standard InChI is InChI=1S/C33H39F2N5O3/c1-36-26-9-12-40(30(18-26)27-17-25(34)7-8-28(27)35)32(42)38-13-14-39(33(22-38)10-15-43-16-11-33)21-24-20-37-29(19-31(24)41)23-5-3-2-4-6-23/h2-8,17,19-20,26,30,36H,9-16,18,21-22H2,1H3,(H,37,41)/t26-,30+/m1/s1. The molecule has 3 aromatic rings. The number of benzene rings is 2. The number of carbonyl (C=O) groups is 1. The number of nitrogens with one attached hydrogen (secondary N) is 2. The second kappa shape index (κ2) is 12.6. The summed E-state index contributed by atoms with van der Waals surface area (Å²) in [7, 11) is 1.86. The number of amides is 2. The molecule has 8 nitrogen and oxygen atoms in total. The monoisotopic (exact) mass is 591 g/mol. The lowest BCUT2D eigenvalue weighted by Crippen LogP contribution is -2.66. The molecular formula is C33H39F2N5O3. The molecule has 0 radical (unpaired) electrons. The highest BCUT2D eigenvalue weighted by molar-refractivity contribution is 5.75. The van der Waals surface area contributed by atoms with Gasteiger partial charge in [0.2, 0.25) is 0 Å². The van der Waals surface area contributed by atoms with Crippen molar-refractivity contribution in [3.05, 3.63) is 93.8 Å². The van der Waals surface area contributed by atoms with Gasteiger partial charge < -0.3 is 24.8 Å². The number of aromatic amines is 1. The number of piperidine rings is 1. The van der Waals surface area contributed by atoms with Gasteiger partial charge in [-0.25, -0.2) is 13.6 Å². The Hall–Kier alpha value is -3.60. The molecule has 3 fully saturated rings. The molecule has 4 heterocycles. The maximum Gasteiger partial charge on any atom is 0.320 e. The first-order chi connectivity index (χ1) is 20.9. The molecule has 0 saturated carbocycles. The van der Waals surface area contributed by atoms with Crippen molar-refractivity contribution in [1.82, 2.24) is 25.0 Å². The molecule has 1 spiro atoms. The summed E-state index contributed by atoms with van der Waals surface area (Å²) < 4.78 is 34.9. The molecule has 10 heteroatoms. The summed E-state index contributed by atoms with van der Waals surface area (Å²) in [6.45, 7) is 3.63. The SMILES string of the molecule is CN[C@@H]1CCN(C(=O)N2CCN(Cc3c[nH]c(-c4ccccc4)cc3=O)C3(CCOCC3)C2)[C@H](c2cc(F)ccc2F)C1. The first kappa shape index (κ1) is 29.5.